The molecule has 0 N–H and O–H groups in total. The summed E-state index contributed by atoms with van der Waals surface area (Å²) in [5.41, 5.74) is 0. The van der Waals surface area contributed by atoms with E-state index in [1.165, 1.54) is 6.92 Å². The van der Waals surface area contributed by atoms with Crippen LogP contribution in [0, 0.1) is 11.8 Å². The molecule has 2 heteroatoms. The monoisotopic (exact) mass is 153 g/mol. The fraction of sp³-hybridized carbons (Fsp3) is 0.667. The van der Waals surface area contributed by atoms with Crippen LogP contribution < -0.4 is 0 Å². The Bertz CT molecular complexity index is 237. The van der Waals surface area contributed by atoms with Crippen molar-refractivity contribution >= 4 is 5.97 Å². The van der Waals surface area contributed by atoms with Gasteiger partial charge < -0.3 is 4.74 Å². The van der Waals surface area contributed by atoms with Crippen molar-refractivity contribution < 1.29 is 10.9 Å². The number of ether oxygens (including phenoxy) is 1. The van der Waals surface area contributed by atoms with Crippen molar-refractivity contribution in [1.82, 2.24) is 0 Å². The number of esters is 1. The van der Waals surface area contributed by atoms with Crippen molar-refractivity contribution in [2.75, 3.05) is 0 Å². The average molecular weight is 153 g/mol. The smallest absolute Gasteiger partial charge is 0.302 e. The third kappa shape index (κ3) is 1.17. The van der Waals surface area contributed by atoms with Crippen LogP contribution in [0.3, 0.4) is 0 Å². The summed E-state index contributed by atoms with van der Waals surface area (Å²) in [4.78, 5) is 10.7. The van der Waals surface area contributed by atoms with E-state index in [9.17, 15) is 4.79 Å². The molecule has 0 aliphatic heterocycles. The molecule has 0 amide bonds. The first-order valence-corrected chi connectivity index (χ1v) is 3.96. The first-order chi connectivity index (χ1) is 5.68. The summed E-state index contributed by atoms with van der Waals surface area (Å²) >= 11 is 0. The van der Waals surface area contributed by atoms with Crippen LogP contribution in [0.25, 0.3) is 0 Å². The lowest BCUT2D eigenvalue weighted by molar-refractivity contribution is -0.147. The number of hydrogen-bond acceptors (Lipinski definition) is 2. The summed E-state index contributed by atoms with van der Waals surface area (Å²) in [6.07, 6.45) is 4.72. The zero-order valence-corrected chi connectivity index (χ0v) is 6.49. The Morgan fingerprint density at radius 3 is 3.09 bits per heavy atom. The van der Waals surface area contributed by atoms with Gasteiger partial charge in [-0.1, -0.05) is 12.2 Å². The summed E-state index contributed by atoms with van der Waals surface area (Å²) in [7, 11) is 0. The maximum atomic E-state index is 10.7. The molecule has 1 saturated carbocycles. The molecule has 2 aliphatic carbocycles. The van der Waals surface area contributed by atoms with Crippen molar-refractivity contribution in [3.05, 3.63) is 12.2 Å². The molecule has 0 heterocycles. The van der Waals surface area contributed by atoms with Crippen LogP contribution in [0.1, 0.15) is 21.1 Å². The third-order valence-electron chi connectivity index (χ3n) is 2.31. The van der Waals surface area contributed by atoms with Crippen LogP contribution in [0.5, 0.6) is 0 Å². The maximum Gasteiger partial charge on any atom is 0.302 e. The van der Waals surface area contributed by atoms with Gasteiger partial charge in [0.15, 0.2) is 0 Å². The Kier molecular flexibility index (Phi) is 1.25. The van der Waals surface area contributed by atoms with Gasteiger partial charge in [-0.25, -0.2) is 0 Å². The second kappa shape index (κ2) is 2.36. The van der Waals surface area contributed by atoms with Crippen molar-refractivity contribution in [2.24, 2.45) is 11.8 Å². The number of allylic oxidation sites excluding steroid dienone is 1. The van der Waals surface area contributed by atoms with Crippen LogP contribution in [0.2, 0.25) is 0 Å². The lowest BCUT2D eigenvalue weighted by Gasteiger charge is -2.17. The molecule has 0 radical (unpaired) electrons. The zero-order valence-electron chi connectivity index (χ0n) is 7.49. The first-order valence-electron chi connectivity index (χ1n) is 4.54. The molecule has 2 nitrogen and oxygen atoms in total. The molecule has 0 saturated heterocycles. The fourth-order valence-electron chi connectivity index (χ4n) is 1.85. The minimum atomic E-state index is -0.266. The first kappa shape index (κ1) is 5.81. The molecule has 2 aliphatic rings. The molecule has 0 aromatic carbocycles. The highest BCUT2D eigenvalue weighted by Crippen LogP contribution is 2.40. The van der Waals surface area contributed by atoms with Crippen LogP contribution in [0.15, 0.2) is 12.2 Å². The highest BCUT2D eigenvalue weighted by atomic mass is 16.5. The zero-order chi connectivity index (χ0) is 8.72. The van der Waals surface area contributed by atoms with Crippen LogP contribution in [0.4, 0.5) is 0 Å². The van der Waals surface area contributed by atoms with Crippen LogP contribution >= 0.6 is 0 Å². The van der Waals surface area contributed by atoms with E-state index in [1.54, 1.807) is 0 Å². The molecule has 0 spiro atoms. The maximum absolute atomic E-state index is 10.7. The third-order valence-corrected chi connectivity index (χ3v) is 2.31. The molecule has 11 heavy (non-hydrogen) atoms. The summed E-state index contributed by atoms with van der Waals surface area (Å²) in [5.74, 6) is 0.360. The second-order valence-corrected chi connectivity index (χ2v) is 3.21. The quantitative estimate of drug-likeness (QED) is 0.421. The molecular formula is C9H12O2. The predicted octanol–water partition coefficient (Wildman–Crippen LogP) is 1.51. The number of carbonyl (C=O) groups excluding carboxylic acids is 1. The molecule has 2 rings (SSSR count). The summed E-state index contributed by atoms with van der Waals surface area (Å²) in [5, 5.41) is 0. The largest absolute Gasteiger partial charge is 0.462 e. The van der Waals surface area contributed by atoms with Gasteiger partial charge >= 0.3 is 5.97 Å². The lowest BCUT2D eigenvalue weighted by Crippen LogP contribution is -2.20. The SMILES string of the molecule is [2H][C@H]1[C@@H](OC(C)=O)[C@@H]2C=C[C@H]1C2. The highest BCUT2D eigenvalue weighted by Gasteiger charge is 2.37. The minimum absolute atomic E-state index is 0.183. The topological polar surface area (TPSA) is 26.3 Å². The van der Waals surface area contributed by atoms with Gasteiger partial charge in [0.2, 0.25) is 0 Å². The van der Waals surface area contributed by atoms with Crippen molar-refractivity contribution in [3.8, 4) is 0 Å². The fourth-order valence-corrected chi connectivity index (χ4v) is 1.85. The highest BCUT2D eigenvalue weighted by molar-refractivity contribution is 5.66. The average Bonchev–Trinajstić information content (AvgIpc) is 2.53. The van der Waals surface area contributed by atoms with Gasteiger partial charge in [0.05, 0.1) is 0 Å². The van der Waals surface area contributed by atoms with Gasteiger partial charge in [-0.3, -0.25) is 4.79 Å². The standard InChI is InChI=1S/C9H12O2/c1-6(10)11-9-5-7-2-3-8(9)4-7/h2-3,7-9H,4-5H2,1H3/t7-,8+,9+/m0/s1/i5D/t5-,7+,8-,9-/m1. The van der Waals surface area contributed by atoms with Crippen molar-refractivity contribution in [2.45, 2.75) is 25.8 Å². The summed E-state index contributed by atoms with van der Waals surface area (Å²) < 4.78 is 12.8. The number of carbonyl (C=O) groups is 1. The number of fused-ring (bicyclic) bond motifs is 2. The molecule has 4 atom stereocenters. The molecule has 0 aromatic heterocycles. The van der Waals surface area contributed by atoms with Gasteiger partial charge in [0, 0.05) is 14.2 Å². The summed E-state index contributed by atoms with van der Waals surface area (Å²) in [6, 6.07) is 0. The van der Waals surface area contributed by atoms with E-state index in [0.717, 1.165) is 6.42 Å². The van der Waals surface area contributed by atoms with E-state index >= 15 is 0 Å². The van der Waals surface area contributed by atoms with Crippen LogP contribution in [-0.4, -0.2) is 12.1 Å². The Hall–Kier alpha value is -0.790. The molecule has 0 unspecified atom stereocenters. The molecule has 2 bridgehead atoms. The normalized spacial score (nSPS) is 47.5. The second-order valence-electron chi connectivity index (χ2n) is 3.21. The van der Waals surface area contributed by atoms with Gasteiger partial charge in [0.25, 0.3) is 0 Å². The van der Waals surface area contributed by atoms with Crippen LogP contribution in [-0.2, 0) is 9.53 Å². The van der Waals surface area contributed by atoms with E-state index in [-0.39, 0.29) is 18.5 Å². The molecule has 60 valence electrons. The van der Waals surface area contributed by atoms with Crippen molar-refractivity contribution in [3.63, 3.8) is 0 Å². The number of rotatable bonds is 1. The predicted molar refractivity (Wildman–Crippen MR) is 40.9 cm³/mol. The molecule has 0 aromatic rings. The molecule has 1 fully saturated rings. The van der Waals surface area contributed by atoms with E-state index in [4.69, 9.17) is 6.11 Å². The Morgan fingerprint density at radius 1 is 1.73 bits per heavy atom. The van der Waals surface area contributed by atoms with E-state index < -0.39 is 0 Å². The van der Waals surface area contributed by atoms with Crippen molar-refractivity contribution in [1.29, 1.82) is 0 Å². The number of hydrogen-bond donors (Lipinski definition) is 0. The van der Waals surface area contributed by atoms with Gasteiger partial charge in [0.1, 0.15) is 6.10 Å². The Balaban J connectivity index is 2.08. The van der Waals surface area contributed by atoms with Gasteiger partial charge in [-0.05, 0) is 18.7 Å². The summed E-state index contributed by atoms with van der Waals surface area (Å²) in [6.45, 7) is 1.41. The Labute approximate surface area is 67.6 Å². The van der Waals surface area contributed by atoms with E-state index in [2.05, 4.69) is 12.2 Å². The molecular weight excluding hydrogens is 140 g/mol. The minimum Gasteiger partial charge on any atom is -0.462 e. The van der Waals surface area contributed by atoms with E-state index in [1.807, 2.05) is 0 Å². The van der Waals surface area contributed by atoms with Gasteiger partial charge in [-0.15, -0.1) is 0 Å². The van der Waals surface area contributed by atoms with E-state index in [0.29, 0.717) is 11.8 Å². The van der Waals surface area contributed by atoms with Gasteiger partial charge in [-0.2, -0.15) is 0 Å². The Morgan fingerprint density at radius 2 is 2.55 bits per heavy atom. The lowest BCUT2D eigenvalue weighted by atomic mass is 10.0.